The predicted molar refractivity (Wildman–Crippen MR) is 80.0 cm³/mol. The first-order valence-corrected chi connectivity index (χ1v) is 6.51. The summed E-state index contributed by atoms with van der Waals surface area (Å²) in [5, 5.41) is 10.1. The van der Waals surface area contributed by atoms with E-state index < -0.39 is 5.97 Å². The highest BCUT2D eigenvalue weighted by molar-refractivity contribution is 5.88. The molecular weight excluding hydrogens is 266 g/mol. The number of benzene rings is 2. The Labute approximate surface area is 121 Å². The third-order valence-electron chi connectivity index (χ3n) is 3.22. The summed E-state index contributed by atoms with van der Waals surface area (Å²) in [4.78, 5) is 15.4. The summed E-state index contributed by atoms with van der Waals surface area (Å²) in [5.41, 5.74) is 1.88. The molecule has 2 aromatic carbocycles. The van der Waals surface area contributed by atoms with Gasteiger partial charge in [0.2, 0.25) is 5.88 Å². The van der Waals surface area contributed by atoms with Crippen LogP contribution in [0.15, 0.2) is 54.6 Å². The van der Waals surface area contributed by atoms with E-state index in [9.17, 15) is 4.79 Å². The van der Waals surface area contributed by atoms with Crippen LogP contribution in [-0.4, -0.2) is 16.1 Å². The van der Waals surface area contributed by atoms with Crippen molar-refractivity contribution in [3.05, 3.63) is 65.7 Å². The van der Waals surface area contributed by atoms with Crippen LogP contribution in [0.2, 0.25) is 0 Å². The molecule has 0 unspecified atom stereocenters. The monoisotopic (exact) mass is 279 g/mol. The fraction of sp³-hybridized carbons (Fsp3) is 0.0588. The summed E-state index contributed by atoms with van der Waals surface area (Å²) in [5.74, 6) is -0.0386. The second-order valence-electron chi connectivity index (χ2n) is 4.73. The molecule has 21 heavy (non-hydrogen) atoms. The molecule has 3 aromatic rings. The maximum Gasteiger partial charge on any atom is 0.335 e. The minimum Gasteiger partial charge on any atom is -0.478 e. The molecule has 0 fully saturated rings. The second-order valence-corrected chi connectivity index (χ2v) is 4.73. The Bertz CT molecular complexity index is 827. The number of aromatic nitrogens is 1. The number of nitrogens with zero attached hydrogens (tertiary/aromatic N) is 1. The molecule has 1 N–H and O–H groups in total. The Morgan fingerprint density at radius 2 is 1.90 bits per heavy atom. The molecule has 4 nitrogen and oxygen atoms in total. The predicted octanol–water partition coefficient (Wildman–Crippen LogP) is 4.03. The van der Waals surface area contributed by atoms with Gasteiger partial charge in [-0.3, -0.25) is 0 Å². The Morgan fingerprint density at radius 3 is 2.71 bits per heavy atom. The number of aryl methyl sites for hydroxylation is 1. The number of carbonyl (C=O) groups is 1. The van der Waals surface area contributed by atoms with Crippen molar-refractivity contribution in [1.82, 2.24) is 4.98 Å². The average molecular weight is 279 g/mol. The fourth-order valence-electron chi connectivity index (χ4n) is 2.06. The van der Waals surface area contributed by atoms with Crippen molar-refractivity contribution in [3.63, 3.8) is 0 Å². The quantitative estimate of drug-likeness (QED) is 0.786. The highest BCUT2D eigenvalue weighted by atomic mass is 16.5. The van der Waals surface area contributed by atoms with Gasteiger partial charge in [-0.1, -0.05) is 24.3 Å². The zero-order valence-corrected chi connectivity index (χ0v) is 11.4. The molecule has 0 aliphatic rings. The minimum absolute atomic E-state index is 0.191. The largest absolute Gasteiger partial charge is 0.478 e. The standard InChI is InChI=1S/C17H13NO3/c1-11-6-7-13(17(19)20)10-15(11)21-16-9-8-12-4-2-3-5-14(12)18-16/h2-10H,1H3,(H,19,20). The lowest BCUT2D eigenvalue weighted by Crippen LogP contribution is -1.98. The number of aromatic carboxylic acids is 1. The molecule has 0 saturated carbocycles. The van der Waals surface area contributed by atoms with Crippen LogP contribution in [0.25, 0.3) is 10.9 Å². The van der Waals surface area contributed by atoms with Crippen molar-refractivity contribution in [2.45, 2.75) is 6.92 Å². The molecule has 0 radical (unpaired) electrons. The van der Waals surface area contributed by atoms with Crippen molar-refractivity contribution in [2.75, 3.05) is 0 Å². The van der Waals surface area contributed by atoms with Crippen LogP contribution in [0, 0.1) is 6.92 Å². The fourth-order valence-corrected chi connectivity index (χ4v) is 2.06. The van der Waals surface area contributed by atoms with Crippen LogP contribution < -0.4 is 4.74 Å². The van der Waals surface area contributed by atoms with Gasteiger partial charge in [0.15, 0.2) is 0 Å². The summed E-state index contributed by atoms with van der Waals surface area (Å²) < 4.78 is 5.73. The third-order valence-corrected chi connectivity index (χ3v) is 3.22. The second kappa shape index (κ2) is 5.25. The van der Waals surface area contributed by atoms with E-state index in [2.05, 4.69) is 4.98 Å². The van der Waals surface area contributed by atoms with Crippen LogP contribution in [0.1, 0.15) is 15.9 Å². The van der Waals surface area contributed by atoms with Gasteiger partial charge in [0.25, 0.3) is 0 Å². The van der Waals surface area contributed by atoms with Gasteiger partial charge >= 0.3 is 5.97 Å². The molecule has 0 spiro atoms. The van der Waals surface area contributed by atoms with E-state index in [1.807, 2.05) is 37.3 Å². The highest BCUT2D eigenvalue weighted by Crippen LogP contribution is 2.26. The van der Waals surface area contributed by atoms with Crippen molar-refractivity contribution in [2.24, 2.45) is 0 Å². The number of ether oxygens (including phenoxy) is 1. The van der Waals surface area contributed by atoms with E-state index >= 15 is 0 Å². The average Bonchev–Trinajstić information content (AvgIpc) is 2.49. The first-order valence-electron chi connectivity index (χ1n) is 6.51. The van der Waals surface area contributed by atoms with Crippen molar-refractivity contribution < 1.29 is 14.6 Å². The van der Waals surface area contributed by atoms with Gasteiger partial charge in [-0.15, -0.1) is 0 Å². The van der Waals surface area contributed by atoms with Gasteiger partial charge in [-0.05, 0) is 36.8 Å². The van der Waals surface area contributed by atoms with Crippen LogP contribution in [0.3, 0.4) is 0 Å². The lowest BCUT2D eigenvalue weighted by molar-refractivity contribution is 0.0696. The molecule has 0 saturated heterocycles. The Kier molecular flexibility index (Phi) is 3.28. The van der Waals surface area contributed by atoms with Gasteiger partial charge in [0.05, 0.1) is 11.1 Å². The number of hydrogen-bond donors (Lipinski definition) is 1. The first-order chi connectivity index (χ1) is 10.1. The van der Waals surface area contributed by atoms with Gasteiger partial charge in [-0.25, -0.2) is 9.78 Å². The van der Waals surface area contributed by atoms with E-state index in [1.165, 1.54) is 6.07 Å². The summed E-state index contributed by atoms with van der Waals surface area (Å²) in [6.45, 7) is 1.86. The molecule has 0 aliphatic heterocycles. The summed E-state index contributed by atoms with van der Waals surface area (Å²) in [6.07, 6.45) is 0. The molecule has 0 amide bonds. The lowest BCUT2D eigenvalue weighted by Gasteiger charge is -2.09. The minimum atomic E-state index is -0.980. The van der Waals surface area contributed by atoms with E-state index in [0.717, 1.165) is 16.5 Å². The zero-order valence-electron chi connectivity index (χ0n) is 11.4. The molecule has 0 bridgehead atoms. The number of carboxylic acid groups (broad SMARTS) is 1. The molecule has 0 aliphatic carbocycles. The van der Waals surface area contributed by atoms with E-state index in [4.69, 9.17) is 9.84 Å². The van der Waals surface area contributed by atoms with Gasteiger partial charge in [0, 0.05) is 11.5 Å². The third kappa shape index (κ3) is 2.69. The number of pyridine rings is 1. The molecule has 4 heteroatoms. The molecule has 1 heterocycles. The van der Waals surface area contributed by atoms with E-state index in [0.29, 0.717) is 11.6 Å². The highest BCUT2D eigenvalue weighted by Gasteiger charge is 2.09. The van der Waals surface area contributed by atoms with Crippen molar-refractivity contribution in [1.29, 1.82) is 0 Å². The topological polar surface area (TPSA) is 59.4 Å². The Hall–Kier alpha value is -2.88. The van der Waals surface area contributed by atoms with Crippen molar-refractivity contribution >= 4 is 16.9 Å². The zero-order chi connectivity index (χ0) is 14.8. The Morgan fingerprint density at radius 1 is 1.10 bits per heavy atom. The molecule has 1 aromatic heterocycles. The maximum atomic E-state index is 11.0. The normalized spacial score (nSPS) is 10.5. The number of carboxylic acids is 1. The number of para-hydroxylation sites is 1. The van der Waals surface area contributed by atoms with Gasteiger partial charge in [-0.2, -0.15) is 0 Å². The Balaban J connectivity index is 1.98. The van der Waals surface area contributed by atoms with Crippen LogP contribution in [-0.2, 0) is 0 Å². The molecule has 104 valence electrons. The number of rotatable bonds is 3. The van der Waals surface area contributed by atoms with Crippen LogP contribution in [0.4, 0.5) is 0 Å². The molecule has 0 atom stereocenters. The van der Waals surface area contributed by atoms with E-state index in [1.54, 1.807) is 18.2 Å². The summed E-state index contributed by atoms with van der Waals surface area (Å²) >= 11 is 0. The van der Waals surface area contributed by atoms with E-state index in [-0.39, 0.29) is 5.56 Å². The SMILES string of the molecule is Cc1ccc(C(=O)O)cc1Oc1ccc2ccccc2n1. The molecular formula is C17H13NO3. The lowest BCUT2D eigenvalue weighted by atomic mass is 10.1. The first kappa shape index (κ1) is 13.1. The van der Waals surface area contributed by atoms with Gasteiger partial charge < -0.3 is 9.84 Å². The van der Waals surface area contributed by atoms with Gasteiger partial charge in [0.1, 0.15) is 5.75 Å². The van der Waals surface area contributed by atoms with Crippen molar-refractivity contribution in [3.8, 4) is 11.6 Å². The maximum absolute atomic E-state index is 11.0. The smallest absolute Gasteiger partial charge is 0.335 e. The summed E-state index contributed by atoms with van der Waals surface area (Å²) in [6, 6.07) is 16.2. The summed E-state index contributed by atoms with van der Waals surface area (Å²) in [7, 11) is 0. The van der Waals surface area contributed by atoms with Crippen LogP contribution >= 0.6 is 0 Å². The van der Waals surface area contributed by atoms with Crippen LogP contribution in [0.5, 0.6) is 11.6 Å². The molecule has 3 rings (SSSR count). The number of fused-ring (bicyclic) bond motifs is 1. The number of hydrogen-bond acceptors (Lipinski definition) is 3.